The van der Waals surface area contributed by atoms with Crippen LogP contribution in [-0.2, 0) is 4.74 Å². The van der Waals surface area contributed by atoms with E-state index in [4.69, 9.17) is 27.9 Å². The van der Waals surface area contributed by atoms with Gasteiger partial charge in [-0.1, -0.05) is 23.2 Å². The first kappa shape index (κ1) is 10.9. The maximum Gasteiger partial charge on any atom is 0.289 e. The van der Waals surface area contributed by atoms with Gasteiger partial charge in [-0.15, -0.1) is 0 Å². The lowest BCUT2D eigenvalue weighted by Crippen LogP contribution is -2.31. The third-order valence-electron chi connectivity index (χ3n) is 2.33. The lowest BCUT2D eigenvalue weighted by molar-refractivity contribution is -0.0424. The van der Waals surface area contributed by atoms with Crippen molar-refractivity contribution in [2.75, 3.05) is 6.61 Å². The maximum atomic E-state index is 11.7. The summed E-state index contributed by atoms with van der Waals surface area (Å²) >= 11 is 11.4. The zero-order valence-corrected chi connectivity index (χ0v) is 9.46. The van der Waals surface area contributed by atoms with E-state index in [0.717, 1.165) is 19.3 Å². The SMILES string of the molecule is O=c1c(Cl)c(Cl)cnn1[C@@H]1CCCCO1. The van der Waals surface area contributed by atoms with E-state index in [1.165, 1.54) is 10.9 Å². The summed E-state index contributed by atoms with van der Waals surface area (Å²) < 4.78 is 6.70. The fourth-order valence-electron chi connectivity index (χ4n) is 1.55. The Morgan fingerprint density at radius 2 is 2.27 bits per heavy atom. The Balaban J connectivity index is 2.35. The molecule has 0 aromatic carbocycles. The first-order chi connectivity index (χ1) is 7.20. The zero-order chi connectivity index (χ0) is 10.8. The Morgan fingerprint density at radius 1 is 1.47 bits per heavy atom. The molecule has 1 aliphatic heterocycles. The second-order valence-corrected chi connectivity index (χ2v) is 4.16. The van der Waals surface area contributed by atoms with Crippen LogP contribution in [0.2, 0.25) is 10.0 Å². The van der Waals surface area contributed by atoms with Gasteiger partial charge in [-0.25, -0.2) is 0 Å². The summed E-state index contributed by atoms with van der Waals surface area (Å²) in [6.07, 6.45) is 3.89. The molecule has 1 fully saturated rings. The van der Waals surface area contributed by atoms with Crippen molar-refractivity contribution >= 4 is 23.2 Å². The maximum absolute atomic E-state index is 11.7. The zero-order valence-electron chi connectivity index (χ0n) is 7.95. The monoisotopic (exact) mass is 248 g/mol. The molecule has 6 heteroatoms. The smallest absolute Gasteiger partial charge is 0.289 e. The summed E-state index contributed by atoms with van der Waals surface area (Å²) in [6, 6.07) is 0. The number of aromatic nitrogens is 2. The van der Waals surface area contributed by atoms with Crippen LogP contribution in [-0.4, -0.2) is 16.4 Å². The molecule has 0 amide bonds. The molecule has 4 nitrogen and oxygen atoms in total. The molecule has 1 aliphatic rings. The molecule has 1 aromatic rings. The molecule has 82 valence electrons. The minimum Gasteiger partial charge on any atom is -0.356 e. The molecule has 0 spiro atoms. The molecular formula is C9H10Cl2N2O2. The number of halogens is 2. The van der Waals surface area contributed by atoms with Crippen molar-refractivity contribution in [3.63, 3.8) is 0 Å². The van der Waals surface area contributed by atoms with Gasteiger partial charge in [0.05, 0.1) is 11.2 Å². The number of rotatable bonds is 1. The van der Waals surface area contributed by atoms with Crippen molar-refractivity contribution in [1.82, 2.24) is 9.78 Å². The highest BCUT2D eigenvalue weighted by Gasteiger charge is 2.19. The lowest BCUT2D eigenvalue weighted by Gasteiger charge is -2.23. The number of ether oxygens (including phenoxy) is 1. The summed E-state index contributed by atoms with van der Waals surface area (Å²) in [5.74, 6) is 0. The van der Waals surface area contributed by atoms with Gasteiger partial charge in [-0.05, 0) is 19.3 Å². The van der Waals surface area contributed by atoms with E-state index in [1.54, 1.807) is 0 Å². The normalized spacial score (nSPS) is 21.6. The van der Waals surface area contributed by atoms with Crippen molar-refractivity contribution in [3.8, 4) is 0 Å². The summed E-state index contributed by atoms with van der Waals surface area (Å²) in [7, 11) is 0. The fraction of sp³-hybridized carbons (Fsp3) is 0.556. The van der Waals surface area contributed by atoms with Crippen LogP contribution in [0.1, 0.15) is 25.5 Å². The molecule has 15 heavy (non-hydrogen) atoms. The summed E-state index contributed by atoms with van der Waals surface area (Å²) in [5, 5.41) is 4.10. The largest absolute Gasteiger partial charge is 0.356 e. The predicted molar refractivity (Wildman–Crippen MR) is 57.4 cm³/mol. The van der Waals surface area contributed by atoms with E-state index in [0.29, 0.717) is 6.61 Å². The van der Waals surface area contributed by atoms with E-state index in [1.807, 2.05) is 0 Å². The van der Waals surface area contributed by atoms with Gasteiger partial charge in [0, 0.05) is 6.61 Å². The average Bonchev–Trinajstić information content (AvgIpc) is 2.27. The van der Waals surface area contributed by atoms with Gasteiger partial charge in [0.25, 0.3) is 5.56 Å². The van der Waals surface area contributed by atoms with Crippen molar-refractivity contribution in [3.05, 3.63) is 26.6 Å². The summed E-state index contributed by atoms with van der Waals surface area (Å²) in [6.45, 7) is 0.652. The third kappa shape index (κ3) is 2.17. The van der Waals surface area contributed by atoms with Gasteiger partial charge in [0.1, 0.15) is 5.02 Å². The first-order valence-corrected chi connectivity index (χ1v) is 5.50. The van der Waals surface area contributed by atoms with Gasteiger partial charge in [-0.3, -0.25) is 4.79 Å². The van der Waals surface area contributed by atoms with E-state index in [9.17, 15) is 4.79 Å². The van der Waals surface area contributed by atoms with Crippen LogP contribution in [0, 0.1) is 0 Å². The number of nitrogens with zero attached hydrogens (tertiary/aromatic N) is 2. The Labute approximate surface area is 96.7 Å². The molecule has 1 aromatic heterocycles. The fourth-order valence-corrected chi connectivity index (χ4v) is 1.81. The quantitative estimate of drug-likeness (QED) is 0.766. The number of hydrogen-bond acceptors (Lipinski definition) is 3. The highest BCUT2D eigenvalue weighted by molar-refractivity contribution is 6.41. The van der Waals surface area contributed by atoms with Gasteiger partial charge < -0.3 is 4.74 Å². The Kier molecular flexibility index (Phi) is 3.29. The minimum absolute atomic E-state index is 0.000778. The molecule has 1 saturated heterocycles. The first-order valence-electron chi connectivity index (χ1n) is 4.74. The lowest BCUT2D eigenvalue weighted by atomic mass is 10.2. The van der Waals surface area contributed by atoms with Crippen molar-refractivity contribution in [2.24, 2.45) is 0 Å². The Hall–Kier alpha value is -0.580. The molecule has 0 saturated carbocycles. The molecule has 0 radical (unpaired) electrons. The third-order valence-corrected chi connectivity index (χ3v) is 3.08. The van der Waals surface area contributed by atoms with Gasteiger partial charge >= 0.3 is 0 Å². The highest BCUT2D eigenvalue weighted by atomic mass is 35.5. The highest BCUT2D eigenvalue weighted by Crippen LogP contribution is 2.22. The van der Waals surface area contributed by atoms with Crippen LogP contribution in [0.5, 0.6) is 0 Å². The summed E-state index contributed by atoms with van der Waals surface area (Å²) in [4.78, 5) is 11.7. The van der Waals surface area contributed by atoms with Crippen molar-refractivity contribution in [2.45, 2.75) is 25.5 Å². The van der Waals surface area contributed by atoms with E-state index in [-0.39, 0.29) is 16.3 Å². The topological polar surface area (TPSA) is 44.1 Å². The molecule has 0 bridgehead atoms. The molecule has 1 atom stereocenters. The molecule has 0 aliphatic carbocycles. The minimum atomic E-state index is -0.393. The van der Waals surface area contributed by atoms with Crippen LogP contribution in [0.3, 0.4) is 0 Å². The van der Waals surface area contributed by atoms with Crippen LogP contribution in [0.25, 0.3) is 0 Å². The second-order valence-electron chi connectivity index (χ2n) is 3.38. The molecule has 2 rings (SSSR count). The molecule has 0 unspecified atom stereocenters. The standard InChI is InChI=1S/C9H10Cl2N2O2/c10-6-5-12-13(9(14)8(6)11)7-3-1-2-4-15-7/h5,7H,1-4H2/t7-/m0/s1. The predicted octanol–water partition coefficient (Wildman–Crippen LogP) is 2.25. The van der Waals surface area contributed by atoms with E-state index < -0.39 is 5.56 Å². The van der Waals surface area contributed by atoms with Crippen LogP contribution in [0.15, 0.2) is 11.0 Å². The summed E-state index contributed by atoms with van der Waals surface area (Å²) in [5.41, 5.74) is -0.393. The van der Waals surface area contributed by atoms with Crippen LogP contribution < -0.4 is 5.56 Å². The van der Waals surface area contributed by atoms with Gasteiger partial charge in [0.2, 0.25) is 0 Å². The van der Waals surface area contributed by atoms with Crippen molar-refractivity contribution in [1.29, 1.82) is 0 Å². The number of hydrogen-bond donors (Lipinski definition) is 0. The van der Waals surface area contributed by atoms with Crippen molar-refractivity contribution < 1.29 is 4.74 Å². The van der Waals surface area contributed by atoms with E-state index >= 15 is 0 Å². The molecule has 2 heterocycles. The Morgan fingerprint density at radius 3 is 2.93 bits per heavy atom. The average molecular weight is 249 g/mol. The van der Waals surface area contributed by atoms with Gasteiger partial charge in [0.15, 0.2) is 6.23 Å². The molecule has 0 N–H and O–H groups in total. The second kappa shape index (κ2) is 4.51. The van der Waals surface area contributed by atoms with Crippen LogP contribution in [0.4, 0.5) is 0 Å². The van der Waals surface area contributed by atoms with Crippen LogP contribution >= 0.6 is 23.2 Å². The van der Waals surface area contributed by atoms with E-state index in [2.05, 4.69) is 5.10 Å². The van der Waals surface area contributed by atoms with Gasteiger partial charge in [-0.2, -0.15) is 9.78 Å². The Bertz CT molecular complexity index is 413. The molecular weight excluding hydrogens is 239 g/mol.